The highest BCUT2D eigenvalue weighted by Gasteiger charge is 2.25. The zero-order chi connectivity index (χ0) is 16.2. The molecule has 3 rings (SSSR count). The first-order valence-electron chi connectivity index (χ1n) is 9.04. The highest BCUT2D eigenvalue weighted by molar-refractivity contribution is 5.80. The minimum absolute atomic E-state index is 0.713. The Bertz CT molecular complexity index is 547. The minimum atomic E-state index is 0.713. The average molecular weight is 318 g/mol. The molecular formula is C17H30N6. The molecule has 2 aliphatic rings. The van der Waals surface area contributed by atoms with Crippen LogP contribution in [0.25, 0.3) is 0 Å². The van der Waals surface area contributed by atoms with E-state index >= 15 is 0 Å². The van der Waals surface area contributed by atoms with Gasteiger partial charge in [0.1, 0.15) is 5.82 Å². The zero-order valence-corrected chi connectivity index (χ0v) is 14.8. The lowest BCUT2D eigenvalue weighted by Crippen LogP contribution is -2.40. The van der Waals surface area contributed by atoms with E-state index in [4.69, 9.17) is 0 Å². The molecule has 6 heteroatoms. The fraction of sp³-hybridized carbons (Fsp3) is 0.824. The van der Waals surface area contributed by atoms with Gasteiger partial charge in [-0.3, -0.25) is 4.99 Å². The maximum Gasteiger partial charge on any atom is 0.194 e. The summed E-state index contributed by atoms with van der Waals surface area (Å²) in [4.78, 5) is 6.86. The molecule has 128 valence electrons. The van der Waals surface area contributed by atoms with Crippen LogP contribution in [-0.4, -0.2) is 45.8 Å². The van der Waals surface area contributed by atoms with E-state index in [9.17, 15) is 0 Å². The second-order valence-electron chi connectivity index (χ2n) is 7.27. The van der Waals surface area contributed by atoms with Crippen molar-refractivity contribution in [3.63, 3.8) is 0 Å². The van der Waals surface area contributed by atoms with Crippen LogP contribution in [-0.2, 0) is 19.5 Å². The summed E-state index contributed by atoms with van der Waals surface area (Å²) in [6.07, 6.45) is 6.11. The van der Waals surface area contributed by atoms with Gasteiger partial charge in [0.25, 0.3) is 0 Å². The predicted octanol–water partition coefficient (Wildman–Crippen LogP) is 2.06. The van der Waals surface area contributed by atoms with Gasteiger partial charge in [0.05, 0.1) is 6.54 Å². The number of hydrogen-bond acceptors (Lipinski definition) is 3. The van der Waals surface area contributed by atoms with Crippen molar-refractivity contribution in [1.29, 1.82) is 0 Å². The quantitative estimate of drug-likeness (QED) is 0.682. The second-order valence-corrected chi connectivity index (χ2v) is 7.27. The van der Waals surface area contributed by atoms with E-state index in [-0.39, 0.29) is 0 Å². The number of rotatable bonds is 4. The van der Waals surface area contributed by atoms with E-state index in [0.717, 1.165) is 55.5 Å². The average Bonchev–Trinajstić information content (AvgIpc) is 3.15. The summed E-state index contributed by atoms with van der Waals surface area (Å²) in [5.74, 6) is 4.76. The van der Waals surface area contributed by atoms with Crippen LogP contribution in [0.5, 0.6) is 0 Å². The first-order valence-corrected chi connectivity index (χ1v) is 9.04. The number of nitrogens with zero attached hydrogens (tertiary/aromatic N) is 5. The molecule has 0 spiro atoms. The van der Waals surface area contributed by atoms with Gasteiger partial charge >= 0.3 is 0 Å². The molecule has 0 saturated carbocycles. The Morgan fingerprint density at radius 1 is 1.30 bits per heavy atom. The standard InChI is InChI=1S/C17H30N6/c1-13(2)10-14-7-9-22(12-14)17(18-3)19-11-16-21-20-15-6-4-5-8-23(15)16/h13-14H,4-12H2,1-3H3,(H,18,19). The van der Waals surface area contributed by atoms with E-state index in [1.165, 1.54) is 25.7 Å². The Morgan fingerprint density at radius 3 is 2.96 bits per heavy atom. The minimum Gasteiger partial charge on any atom is -0.349 e. The SMILES string of the molecule is CN=C(NCc1nnc2n1CCCC2)N1CCC(CC(C)C)C1. The van der Waals surface area contributed by atoms with Crippen molar-refractivity contribution in [3.05, 3.63) is 11.6 Å². The molecule has 0 aliphatic carbocycles. The van der Waals surface area contributed by atoms with Crippen LogP contribution >= 0.6 is 0 Å². The van der Waals surface area contributed by atoms with Crippen molar-refractivity contribution < 1.29 is 0 Å². The van der Waals surface area contributed by atoms with Crippen molar-refractivity contribution in [3.8, 4) is 0 Å². The molecule has 1 unspecified atom stereocenters. The van der Waals surface area contributed by atoms with Crippen molar-refractivity contribution in [2.45, 2.75) is 59.0 Å². The summed E-state index contributed by atoms with van der Waals surface area (Å²) in [5.41, 5.74) is 0. The molecule has 1 saturated heterocycles. The maximum atomic E-state index is 4.47. The van der Waals surface area contributed by atoms with Gasteiger partial charge < -0.3 is 14.8 Å². The number of guanidine groups is 1. The fourth-order valence-electron chi connectivity index (χ4n) is 3.87. The molecule has 2 aliphatic heterocycles. The van der Waals surface area contributed by atoms with Gasteiger partial charge in [-0.05, 0) is 37.5 Å². The van der Waals surface area contributed by atoms with Gasteiger partial charge in [0.2, 0.25) is 0 Å². The van der Waals surface area contributed by atoms with Crippen LogP contribution in [0.15, 0.2) is 4.99 Å². The van der Waals surface area contributed by atoms with E-state index in [0.29, 0.717) is 6.54 Å². The summed E-state index contributed by atoms with van der Waals surface area (Å²) in [5, 5.41) is 12.2. The Morgan fingerprint density at radius 2 is 2.17 bits per heavy atom. The summed E-state index contributed by atoms with van der Waals surface area (Å²) >= 11 is 0. The molecular weight excluding hydrogens is 288 g/mol. The van der Waals surface area contributed by atoms with Crippen LogP contribution in [0.2, 0.25) is 0 Å². The number of fused-ring (bicyclic) bond motifs is 1. The molecule has 0 radical (unpaired) electrons. The molecule has 1 atom stereocenters. The highest BCUT2D eigenvalue weighted by Crippen LogP contribution is 2.23. The molecule has 0 amide bonds. The monoisotopic (exact) mass is 318 g/mol. The molecule has 1 aromatic rings. The fourth-order valence-corrected chi connectivity index (χ4v) is 3.87. The number of aryl methyl sites for hydroxylation is 1. The molecule has 3 heterocycles. The van der Waals surface area contributed by atoms with Crippen molar-refractivity contribution >= 4 is 5.96 Å². The molecule has 6 nitrogen and oxygen atoms in total. The van der Waals surface area contributed by atoms with Gasteiger partial charge in [0, 0.05) is 33.1 Å². The number of aliphatic imine (C=N–C) groups is 1. The third kappa shape index (κ3) is 3.85. The highest BCUT2D eigenvalue weighted by atomic mass is 15.3. The number of likely N-dealkylation sites (tertiary alicyclic amines) is 1. The van der Waals surface area contributed by atoms with Crippen LogP contribution in [0.4, 0.5) is 0 Å². The van der Waals surface area contributed by atoms with E-state index < -0.39 is 0 Å². The Labute approximate surface area is 139 Å². The van der Waals surface area contributed by atoms with Gasteiger partial charge in [0.15, 0.2) is 11.8 Å². The third-order valence-electron chi connectivity index (χ3n) is 4.94. The lowest BCUT2D eigenvalue weighted by molar-refractivity contribution is 0.403. The third-order valence-corrected chi connectivity index (χ3v) is 4.94. The smallest absolute Gasteiger partial charge is 0.194 e. The van der Waals surface area contributed by atoms with Gasteiger partial charge in [-0.15, -0.1) is 10.2 Å². The molecule has 1 N–H and O–H groups in total. The van der Waals surface area contributed by atoms with E-state index in [2.05, 4.69) is 43.8 Å². The number of nitrogens with one attached hydrogen (secondary N) is 1. The van der Waals surface area contributed by atoms with Crippen LogP contribution in [0, 0.1) is 11.8 Å². The Hall–Kier alpha value is -1.59. The van der Waals surface area contributed by atoms with Crippen molar-refractivity contribution in [1.82, 2.24) is 25.0 Å². The second kappa shape index (κ2) is 7.32. The molecule has 1 fully saturated rings. The van der Waals surface area contributed by atoms with Crippen LogP contribution in [0.3, 0.4) is 0 Å². The lowest BCUT2D eigenvalue weighted by atomic mass is 9.97. The van der Waals surface area contributed by atoms with Crippen LogP contribution < -0.4 is 5.32 Å². The maximum absolute atomic E-state index is 4.47. The van der Waals surface area contributed by atoms with Crippen LogP contribution in [0.1, 0.15) is 51.2 Å². The molecule has 23 heavy (non-hydrogen) atoms. The Kier molecular flexibility index (Phi) is 5.18. The first kappa shape index (κ1) is 16.3. The largest absolute Gasteiger partial charge is 0.349 e. The van der Waals surface area contributed by atoms with Gasteiger partial charge in [-0.25, -0.2) is 0 Å². The topological polar surface area (TPSA) is 58.3 Å². The molecule has 0 bridgehead atoms. The van der Waals surface area contributed by atoms with Gasteiger partial charge in [-0.2, -0.15) is 0 Å². The van der Waals surface area contributed by atoms with E-state index in [1.54, 1.807) is 0 Å². The lowest BCUT2D eigenvalue weighted by Gasteiger charge is -2.22. The van der Waals surface area contributed by atoms with Gasteiger partial charge in [-0.1, -0.05) is 13.8 Å². The molecule has 0 aromatic carbocycles. The summed E-state index contributed by atoms with van der Waals surface area (Å²) < 4.78 is 2.27. The Balaban J connectivity index is 1.55. The van der Waals surface area contributed by atoms with Crippen molar-refractivity contribution in [2.75, 3.05) is 20.1 Å². The summed E-state index contributed by atoms with van der Waals surface area (Å²) in [6, 6.07) is 0. The first-order chi connectivity index (χ1) is 11.2. The van der Waals surface area contributed by atoms with E-state index in [1.807, 2.05) is 7.05 Å². The van der Waals surface area contributed by atoms with Crippen molar-refractivity contribution in [2.24, 2.45) is 16.8 Å². The number of hydrogen-bond donors (Lipinski definition) is 1. The predicted molar refractivity (Wildman–Crippen MR) is 92.3 cm³/mol. The zero-order valence-electron chi connectivity index (χ0n) is 14.8. The summed E-state index contributed by atoms with van der Waals surface area (Å²) in [6.45, 7) is 8.61. The number of aromatic nitrogens is 3. The summed E-state index contributed by atoms with van der Waals surface area (Å²) in [7, 11) is 1.87. The normalized spacial score (nSPS) is 21.8. The molecule has 1 aromatic heterocycles.